The SMILES string of the molecule is O=C(C1Cc2cc(Cl)cc(-c3ccnc4cc(CCN5C(=O)c6ccccc6C5=O)sc34)c2O1)N1CCNCC1. The van der Waals surface area contributed by atoms with Crippen molar-refractivity contribution >= 4 is 50.9 Å². The van der Waals surface area contributed by atoms with Crippen LogP contribution in [0.25, 0.3) is 21.3 Å². The maximum Gasteiger partial charge on any atom is 0.264 e. The molecule has 3 amide bonds. The number of carbonyl (C=O) groups excluding carboxylic acids is 3. The second-order valence-corrected chi connectivity index (χ2v) is 11.7. The van der Waals surface area contributed by atoms with Gasteiger partial charge in [0.1, 0.15) is 5.75 Å². The Labute approximate surface area is 239 Å². The zero-order valence-corrected chi connectivity index (χ0v) is 23.1. The lowest BCUT2D eigenvalue weighted by molar-refractivity contribution is -0.138. The molecule has 5 heterocycles. The van der Waals surface area contributed by atoms with E-state index in [1.54, 1.807) is 41.8 Å². The fourth-order valence-electron chi connectivity index (χ4n) is 5.74. The first kappa shape index (κ1) is 25.2. The molecule has 1 fully saturated rings. The van der Waals surface area contributed by atoms with Crippen molar-refractivity contribution in [1.29, 1.82) is 0 Å². The molecule has 7 rings (SSSR count). The molecular weight excluding hydrogens is 548 g/mol. The molecule has 2 aromatic heterocycles. The molecule has 10 heteroatoms. The summed E-state index contributed by atoms with van der Waals surface area (Å²) in [6.45, 7) is 3.20. The molecule has 2 aromatic carbocycles. The number of carbonyl (C=O) groups is 3. The van der Waals surface area contributed by atoms with E-state index in [0.29, 0.717) is 54.4 Å². The number of benzene rings is 2. The molecule has 0 radical (unpaired) electrons. The Morgan fingerprint density at radius 1 is 1.02 bits per heavy atom. The molecule has 0 spiro atoms. The normalized spacial score (nSPS) is 18.3. The lowest BCUT2D eigenvalue weighted by Gasteiger charge is -2.29. The fraction of sp³-hybridized carbons (Fsp3) is 0.267. The number of piperazine rings is 1. The Balaban J connectivity index is 1.16. The van der Waals surface area contributed by atoms with E-state index in [4.69, 9.17) is 16.3 Å². The molecule has 3 aliphatic heterocycles. The van der Waals surface area contributed by atoms with Gasteiger partial charge in [0, 0.05) is 78.4 Å². The number of thiophene rings is 1. The predicted octanol–water partition coefficient (Wildman–Crippen LogP) is 4.19. The zero-order valence-electron chi connectivity index (χ0n) is 21.5. The third-order valence-corrected chi connectivity index (χ3v) is 9.15. The van der Waals surface area contributed by atoms with E-state index >= 15 is 0 Å². The van der Waals surface area contributed by atoms with E-state index in [-0.39, 0.29) is 17.7 Å². The van der Waals surface area contributed by atoms with Crippen LogP contribution in [0.5, 0.6) is 5.75 Å². The third kappa shape index (κ3) is 4.25. The van der Waals surface area contributed by atoms with Crippen molar-refractivity contribution in [3.05, 3.63) is 81.3 Å². The molecule has 8 nitrogen and oxygen atoms in total. The van der Waals surface area contributed by atoms with Crippen LogP contribution >= 0.6 is 22.9 Å². The van der Waals surface area contributed by atoms with Gasteiger partial charge in [0.15, 0.2) is 6.10 Å². The lowest BCUT2D eigenvalue weighted by atomic mass is 10.0. The predicted molar refractivity (Wildman–Crippen MR) is 153 cm³/mol. The first-order valence-electron chi connectivity index (χ1n) is 13.3. The number of hydrogen-bond acceptors (Lipinski definition) is 7. The first-order chi connectivity index (χ1) is 19.5. The van der Waals surface area contributed by atoms with Gasteiger partial charge in [-0.15, -0.1) is 11.3 Å². The Bertz CT molecular complexity index is 1660. The summed E-state index contributed by atoms with van der Waals surface area (Å²) in [7, 11) is 0. The van der Waals surface area contributed by atoms with Gasteiger partial charge in [0.25, 0.3) is 17.7 Å². The number of amides is 3. The quantitative estimate of drug-likeness (QED) is 0.361. The van der Waals surface area contributed by atoms with Crippen LogP contribution < -0.4 is 10.1 Å². The average molecular weight is 573 g/mol. The number of rotatable bonds is 5. The van der Waals surface area contributed by atoms with Crippen molar-refractivity contribution in [2.45, 2.75) is 18.9 Å². The van der Waals surface area contributed by atoms with E-state index in [9.17, 15) is 14.4 Å². The summed E-state index contributed by atoms with van der Waals surface area (Å²) < 4.78 is 7.28. The molecule has 1 N–H and O–H groups in total. The summed E-state index contributed by atoms with van der Waals surface area (Å²) in [5.41, 5.74) is 4.41. The molecule has 3 aliphatic rings. The first-order valence-corrected chi connectivity index (χ1v) is 14.5. The smallest absolute Gasteiger partial charge is 0.264 e. The number of hydrogen-bond donors (Lipinski definition) is 1. The van der Waals surface area contributed by atoms with Gasteiger partial charge in [-0.1, -0.05) is 23.7 Å². The number of nitrogens with one attached hydrogen (secondary N) is 1. The molecule has 202 valence electrons. The number of imide groups is 1. The summed E-state index contributed by atoms with van der Waals surface area (Å²) in [5, 5.41) is 3.86. The highest BCUT2D eigenvalue weighted by Crippen LogP contribution is 2.45. The van der Waals surface area contributed by atoms with Gasteiger partial charge in [-0.3, -0.25) is 24.3 Å². The van der Waals surface area contributed by atoms with Gasteiger partial charge in [0.2, 0.25) is 0 Å². The van der Waals surface area contributed by atoms with Crippen LogP contribution in [0.4, 0.5) is 0 Å². The van der Waals surface area contributed by atoms with Crippen LogP contribution in [0, 0.1) is 0 Å². The molecule has 0 saturated carbocycles. The van der Waals surface area contributed by atoms with Gasteiger partial charge >= 0.3 is 0 Å². The standard InChI is InChI=1S/C30H25ClN4O4S/c31-18-13-17-14-25(30(38)34-11-8-32-9-12-34)39-26(17)23(15-18)20-5-7-33-24-16-19(40-27(20)24)6-10-35-28(36)21-3-1-2-4-22(21)29(35)37/h1-5,7,13,15-16,25,32H,6,8-12,14H2. The number of halogens is 1. The topological polar surface area (TPSA) is 91.8 Å². The average Bonchev–Trinajstić information content (AvgIpc) is 3.66. The minimum Gasteiger partial charge on any atom is -0.479 e. The Morgan fingerprint density at radius 2 is 1.77 bits per heavy atom. The minimum absolute atomic E-state index is 0.00575. The Kier molecular flexibility index (Phi) is 6.30. The number of pyridine rings is 1. The van der Waals surface area contributed by atoms with Gasteiger partial charge in [-0.05, 0) is 36.4 Å². The summed E-state index contributed by atoms with van der Waals surface area (Å²) in [4.78, 5) is 47.5. The van der Waals surface area contributed by atoms with Gasteiger partial charge in [-0.25, -0.2) is 0 Å². The van der Waals surface area contributed by atoms with Crippen molar-refractivity contribution in [2.24, 2.45) is 0 Å². The van der Waals surface area contributed by atoms with Crippen molar-refractivity contribution < 1.29 is 19.1 Å². The minimum atomic E-state index is -0.568. The number of aromatic nitrogens is 1. The van der Waals surface area contributed by atoms with Crippen LogP contribution in [-0.2, 0) is 17.6 Å². The van der Waals surface area contributed by atoms with Crippen LogP contribution in [0.1, 0.15) is 31.2 Å². The van der Waals surface area contributed by atoms with E-state index in [1.165, 1.54) is 4.90 Å². The highest BCUT2D eigenvalue weighted by molar-refractivity contribution is 7.19. The van der Waals surface area contributed by atoms with E-state index in [1.807, 2.05) is 29.2 Å². The zero-order chi connectivity index (χ0) is 27.4. The molecule has 0 aliphatic carbocycles. The van der Waals surface area contributed by atoms with Crippen LogP contribution in [-0.4, -0.2) is 71.3 Å². The maximum absolute atomic E-state index is 13.2. The summed E-state index contributed by atoms with van der Waals surface area (Å²) >= 11 is 8.14. The molecular formula is C30H25ClN4O4S. The van der Waals surface area contributed by atoms with E-state index in [2.05, 4.69) is 10.3 Å². The second-order valence-electron chi connectivity index (χ2n) is 10.2. The number of fused-ring (bicyclic) bond motifs is 3. The molecule has 0 bridgehead atoms. The van der Waals surface area contributed by atoms with Gasteiger partial charge < -0.3 is 15.0 Å². The molecule has 4 aromatic rings. The summed E-state index contributed by atoms with van der Waals surface area (Å²) in [6, 6.07) is 14.6. The largest absolute Gasteiger partial charge is 0.479 e. The monoisotopic (exact) mass is 572 g/mol. The van der Waals surface area contributed by atoms with Crippen LogP contribution in [0.15, 0.2) is 54.7 Å². The molecule has 40 heavy (non-hydrogen) atoms. The van der Waals surface area contributed by atoms with Gasteiger partial charge in [0.05, 0.1) is 21.3 Å². The van der Waals surface area contributed by atoms with Crippen LogP contribution in [0.3, 0.4) is 0 Å². The third-order valence-electron chi connectivity index (χ3n) is 7.71. The van der Waals surface area contributed by atoms with Crippen LogP contribution in [0.2, 0.25) is 5.02 Å². The highest BCUT2D eigenvalue weighted by atomic mass is 35.5. The number of nitrogens with zero attached hydrogens (tertiary/aromatic N) is 3. The summed E-state index contributed by atoms with van der Waals surface area (Å²) in [6.07, 6.45) is 2.19. The molecule has 1 saturated heterocycles. The van der Waals surface area contributed by atoms with Gasteiger partial charge in [-0.2, -0.15) is 0 Å². The van der Waals surface area contributed by atoms with E-state index < -0.39 is 6.10 Å². The lowest BCUT2D eigenvalue weighted by Crippen LogP contribution is -2.50. The van der Waals surface area contributed by atoms with Crippen molar-refractivity contribution in [3.63, 3.8) is 0 Å². The number of ether oxygens (including phenoxy) is 1. The van der Waals surface area contributed by atoms with Crippen molar-refractivity contribution in [2.75, 3.05) is 32.7 Å². The Hall–Kier alpha value is -3.79. The molecule has 1 unspecified atom stereocenters. The maximum atomic E-state index is 13.2. The summed E-state index contributed by atoms with van der Waals surface area (Å²) in [5.74, 6) is 0.187. The molecule has 1 atom stereocenters. The van der Waals surface area contributed by atoms with E-state index in [0.717, 1.165) is 44.9 Å². The fourth-order valence-corrected chi connectivity index (χ4v) is 7.11. The second kappa shape index (κ2) is 9.99. The highest BCUT2D eigenvalue weighted by Gasteiger charge is 2.36. The Morgan fingerprint density at radius 3 is 2.52 bits per heavy atom. The van der Waals surface area contributed by atoms with Crippen molar-refractivity contribution in [3.8, 4) is 16.9 Å². The van der Waals surface area contributed by atoms with Crippen molar-refractivity contribution in [1.82, 2.24) is 20.1 Å².